The number of hydrogen-bond donors (Lipinski definition) is 0. The van der Waals surface area contributed by atoms with E-state index in [1.165, 1.54) is 16.7 Å². The lowest BCUT2D eigenvalue weighted by Gasteiger charge is -2.25. The Hall–Kier alpha value is -2.48. The lowest BCUT2D eigenvalue weighted by atomic mass is 9.82. The predicted octanol–water partition coefficient (Wildman–Crippen LogP) is 5.57. The zero-order valence-corrected chi connectivity index (χ0v) is 13.9. The summed E-state index contributed by atoms with van der Waals surface area (Å²) in [6, 6.07) is 12.8. The maximum absolute atomic E-state index is 6.25. The standard InChI is InChI=1S/C21H20O2/c1-5-8-17-13(2)22-18-12-11-16-19(20(18)23-17)14-9-6-7-10-15(14)21(16,3)4/h5-12H,1-4H3/b8-5-. The molecule has 0 fully saturated rings. The molecule has 2 heteroatoms. The Kier molecular flexibility index (Phi) is 2.92. The highest BCUT2D eigenvalue weighted by atomic mass is 16.6. The third kappa shape index (κ3) is 1.88. The van der Waals surface area contributed by atoms with E-state index < -0.39 is 0 Å². The van der Waals surface area contributed by atoms with Gasteiger partial charge in [-0.3, -0.25) is 0 Å². The molecule has 1 aliphatic carbocycles. The third-order valence-electron chi connectivity index (χ3n) is 4.80. The highest BCUT2D eigenvalue weighted by Gasteiger charge is 2.39. The Labute approximate surface area is 137 Å². The molecule has 0 aromatic heterocycles. The average molecular weight is 304 g/mol. The summed E-state index contributed by atoms with van der Waals surface area (Å²) in [5, 5.41) is 0. The van der Waals surface area contributed by atoms with Crippen molar-refractivity contribution < 1.29 is 9.47 Å². The van der Waals surface area contributed by atoms with Crippen molar-refractivity contribution in [3.8, 4) is 22.6 Å². The first-order valence-electron chi connectivity index (χ1n) is 8.00. The second-order valence-electron chi connectivity index (χ2n) is 6.61. The second-order valence-corrected chi connectivity index (χ2v) is 6.61. The Bertz CT molecular complexity index is 869. The van der Waals surface area contributed by atoms with Gasteiger partial charge in [-0.15, -0.1) is 0 Å². The van der Waals surface area contributed by atoms with Crippen LogP contribution in [0.25, 0.3) is 11.1 Å². The van der Waals surface area contributed by atoms with Crippen LogP contribution in [-0.4, -0.2) is 0 Å². The molecule has 0 amide bonds. The van der Waals surface area contributed by atoms with E-state index in [0.717, 1.165) is 28.6 Å². The van der Waals surface area contributed by atoms with E-state index in [-0.39, 0.29) is 5.41 Å². The third-order valence-corrected chi connectivity index (χ3v) is 4.80. The Balaban J connectivity index is 1.98. The summed E-state index contributed by atoms with van der Waals surface area (Å²) in [6.07, 6.45) is 3.91. The maximum Gasteiger partial charge on any atom is 0.178 e. The quantitative estimate of drug-likeness (QED) is 0.685. The topological polar surface area (TPSA) is 18.5 Å². The molecule has 2 aromatic carbocycles. The van der Waals surface area contributed by atoms with Crippen molar-refractivity contribution in [2.45, 2.75) is 33.1 Å². The van der Waals surface area contributed by atoms with Crippen molar-refractivity contribution >= 4 is 0 Å². The first-order valence-corrected chi connectivity index (χ1v) is 8.00. The highest BCUT2D eigenvalue weighted by molar-refractivity contribution is 5.87. The van der Waals surface area contributed by atoms with Gasteiger partial charge in [-0.1, -0.05) is 50.3 Å². The van der Waals surface area contributed by atoms with Crippen molar-refractivity contribution in [1.29, 1.82) is 0 Å². The van der Waals surface area contributed by atoms with Gasteiger partial charge in [-0.25, -0.2) is 0 Å². The van der Waals surface area contributed by atoms with E-state index in [1.54, 1.807) is 0 Å². The van der Waals surface area contributed by atoms with Crippen LogP contribution in [0.2, 0.25) is 0 Å². The summed E-state index contributed by atoms with van der Waals surface area (Å²) in [5.41, 5.74) is 5.01. The average Bonchev–Trinajstić information content (AvgIpc) is 2.77. The fraction of sp³-hybridized carbons (Fsp3) is 0.238. The molecule has 2 aromatic rings. The number of benzene rings is 2. The second kappa shape index (κ2) is 4.76. The monoisotopic (exact) mass is 304 g/mol. The van der Waals surface area contributed by atoms with E-state index in [0.29, 0.717) is 0 Å². The Morgan fingerprint density at radius 1 is 0.957 bits per heavy atom. The Morgan fingerprint density at radius 3 is 2.52 bits per heavy atom. The summed E-state index contributed by atoms with van der Waals surface area (Å²) < 4.78 is 12.3. The molecular formula is C21H20O2. The molecule has 0 unspecified atom stereocenters. The van der Waals surface area contributed by atoms with Gasteiger partial charge in [0.05, 0.1) is 0 Å². The fourth-order valence-corrected chi connectivity index (χ4v) is 3.62. The first-order chi connectivity index (χ1) is 11.0. The first kappa shape index (κ1) is 14.1. The normalized spacial score (nSPS) is 17.4. The predicted molar refractivity (Wildman–Crippen MR) is 92.8 cm³/mol. The number of allylic oxidation sites excluding steroid dienone is 3. The van der Waals surface area contributed by atoms with Crippen LogP contribution in [0, 0.1) is 0 Å². The van der Waals surface area contributed by atoms with E-state index in [1.807, 2.05) is 32.1 Å². The molecule has 1 heterocycles. The molecule has 2 aliphatic rings. The van der Waals surface area contributed by atoms with Crippen molar-refractivity contribution in [3.63, 3.8) is 0 Å². The largest absolute Gasteiger partial charge is 0.454 e. The van der Waals surface area contributed by atoms with Crippen LogP contribution < -0.4 is 9.47 Å². The minimum absolute atomic E-state index is 0.0265. The molecule has 116 valence electrons. The van der Waals surface area contributed by atoms with Crippen LogP contribution in [0.4, 0.5) is 0 Å². The van der Waals surface area contributed by atoms with Gasteiger partial charge in [0.15, 0.2) is 17.3 Å². The maximum atomic E-state index is 6.25. The van der Waals surface area contributed by atoms with Crippen LogP contribution in [0.1, 0.15) is 38.8 Å². The summed E-state index contributed by atoms with van der Waals surface area (Å²) in [5.74, 6) is 3.19. The molecule has 0 saturated carbocycles. The summed E-state index contributed by atoms with van der Waals surface area (Å²) in [6.45, 7) is 8.44. The zero-order chi connectivity index (χ0) is 16.2. The lowest BCUT2D eigenvalue weighted by Crippen LogP contribution is -2.15. The molecule has 1 aliphatic heterocycles. The number of ether oxygens (including phenoxy) is 2. The fourth-order valence-electron chi connectivity index (χ4n) is 3.62. The van der Waals surface area contributed by atoms with Crippen LogP contribution in [0.5, 0.6) is 11.5 Å². The summed E-state index contributed by atoms with van der Waals surface area (Å²) in [4.78, 5) is 0. The highest BCUT2D eigenvalue weighted by Crippen LogP contribution is 2.55. The molecule has 0 radical (unpaired) electrons. The van der Waals surface area contributed by atoms with Gasteiger partial charge in [0.1, 0.15) is 5.76 Å². The molecule has 0 spiro atoms. The number of rotatable bonds is 1. The van der Waals surface area contributed by atoms with E-state index in [4.69, 9.17) is 9.47 Å². The van der Waals surface area contributed by atoms with E-state index in [2.05, 4.69) is 44.2 Å². The van der Waals surface area contributed by atoms with Gasteiger partial charge in [0.2, 0.25) is 0 Å². The lowest BCUT2D eigenvalue weighted by molar-refractivity contribution is 0.307. The molecule has 0 saturated heterocycles. The summed E-state index contributed by atoms with van der Waals surface area (Å²) >= 11 is 0. The smallest absolute Gasteiger partial charge is 0.178 e. The molecule has 0 bridgehead atoms. The van der Waals surface area contributed by atoms with Gasteiger partial charge in [-0.05, 0) is 42.7 Å². The van der Waals surface area contributed by atoms with Gasteiger partial charge >= 0.3 is 0 Å². The minimum Gasteiger partial charge on any atom is -0.454 e. The van der Waals surface area contributed by atoms with Crippen LogP contribution in [0.15, 0.2) is 60.1 Å². The molecule has 0 N–H and O–H groups in total. The van der Waals surface area contributed by atoms with Gasteiger partial charge in [-0.2, -0.15) is 0 Å². The summed E-state index contributed by atoms with van der Waals surface area (Å²) in [7, 11) is 0. The molecular weight excluding hydrogens is 284 g/mol. The van der Waals surface area contributed by atoms with Crippen molar-refractivity contribution in [2.75, 3.05) is 0 Å². The van der Waals surface area contributed by atoms with Crippen LogP contribution in [0.3, 0.4) is 0 Å². The molecule has 2 nitrogen and oxygen atoms in total. The molecule has 23 heavy (non-hydrogen) atoms. The minimum atomic E-state index is -0.0265. The van der Waals surface area contributed by atoms with Crippen molar-refractivity contribution in [2.24, 2.45) is 0 Å². The van der Waals surface area contributed by atoms with Gasteiger partial charge in [0.25, 0.3) is 0 Å². The number of fused-ring (bicyclic) bond motifs is 5. The van der Waals surface area contributed by atoms with Gasteiger partial charge < -0.3 is 9.47 Å². The van der Waals surface area contributed by atoms with Crippen molar-refractivity contribution in [1.82, 2.24) is 0 Å². The van der Waals surface area contributed by atoms with Crippen molar-refractivity contribution in [3.05, 3.63) is 71.2 Å². The van der Waals surface area contributed by atoms with Gasteiger partial charge in [0, 0.05) is 11.0 Å². The molecule has 4 rings (SSSR count). The number of hydrogen-bond acceptors (Lipinski definition) is 2. The van der Waals surface area contributed by atoms with E-state index >= 15 is 0 Å². The zero-order valence-electron chi connectivity index (χ0n) is 13.9. The molecule has 0 atom stereocenters. The SMILES string of the molecule is C/C=C\C1=C(C)Oc2ccc3c(c2O1)-c1ccccc1C3(C)C. The Morgan fingerprint density at radius 2 is 1.74 bits per heavy atom. The van der Waals surface area contributed by atoms with Crippen LogP contribution in [-0.2, 0) is 5.41 Å². The van der Waals surface area contributed by atoms with E-state index in [9.17, 15) is 0 Å². The van der Waals surface area contributed by atoms with Crippen LogP contribution >= 0.6 is 0 Å².